The molecule has 0 atom stereocenters. The van der Waals surface area contributed by atoms with Gasteiger partial charge in [0.05, 0.1) is 11.9 Å². The Labute approximate surface area is 132 Å². The number of hydrogen-bond donors (Lipinski definition) is 2. The van der Waals surface area contributed by atoms with E-state index in [1.165, 1.54) is 24.4 Å². The molecule has 0 aliphatic rings. The van der Waals surface area contributed by atoms with Crippen LogP contribution in [0, 0.1) is 5.82 Å². The van der Waals surface area contributed by atoms with E-state index >= 15 is 0 Å². The lowest BCUT2D eigenvalue weighted by Crippen LogP contribution is -2.07. The molecule has 0 aliphatic carbocycles. The van der Waals surface area contributed by atoms with Crippen molar-refractivity contribution in [2.45, 2.75) is 19.4 Å². The molecule has 23 heavy (non-hydrogen) atoms. The first-order chi connectivity index (χ1) is 11.0. The fraction of sp³-hybridized carbons (Fsp3) is 0.188. The van der Waals surface area contributed by atoms with Gasteiger partial charge in [-0.3, -0.25) is 14.3 Å². The first kappa shape index (κ1) is 16.4. The molecule has 0 fully saturated rings. The Bertz CT molecular complexity index is 708. The number of aliphatic carboxylic acids is 1. The molecule has 0 spiro atoms. The third kappa shape index (κ3) is 5.74. The number of nitrogens with one attached hydrogen (secondary N) is 1. The van der Waals surface area contributed by atoms with E-state index in [4.69, 9.17) is 5.11 Å². The second-order valence-corrected chi connectivity index (χ2v) is 4.86. The van der Waals surface area contributed by atoms with Gasteiger partial charge in [0.25, 0.3) is 0 Å². The van der Waals surface area contributed by atoms with Crippen molar-refractivity contribution in [2.75, 3.05) is 5.32 Å². The maximum absolute atomic E-state index is 12.8. The Balaban J connectivity index is 1.84. The third-order valence-electron chi connectivity index (χ3n) is 2.98. The Kier molecular flexibility index (Phi) is 5.62. The van der Waals surface area contributed by atoms with Gasteiger partial charge in [-0.1, -0.05) is 12.1 Å². The molecular formula is C16H16FN3O3. The molecule has 0 radical (unpaired) electrons. The van der Waals surface area contributed by atoms with Crippen molar-refractivity contribution in [3.05, 3.63) is 54.1 Å². The third-order valence-corrected chi connectivity index (χ3v) is 2.98. The van der Waals surface area contributed by atoms with Gasteiger partial charge >= 0.3 is 5.97 Å². The summed E-state index contributed by atoms with van der Waals surface area (Å²) in [5.74, 6) is -1.52. The van der Waals surface area contributed by atoms with Crippen molar-refractivity contribution in [3.8, 4) is 0 Å². The van der Waals surface area contributed by atoms with E-state index in [1.54, 1.807) is 29.1 Å². The van der Waals surface area contributed by atoms with Crippen LogP contribution in [0.5, 0.6) is 0 Å². The van der Waals surface area contributed by atoms with E-state index in [0.717, 1.165) is 0 Å². The summed E-state index contributed by atoms with van der Waals surface area (Å²) >= 11 is 0. The van der Waals surface area contributed by atoms with Gasteiger partial charge in [0.15, 0.2) is 0 Å². The maximum atomic E-state index is 12.8. The number of anilines is 1. The smallest absolute Gasteiger partial charge is 0.303 e. The molecule has 120 valence electrons. The van der Waals surface area contributed by atoms with Crippen molar-refractivity contribution >= 4 is 23.6 Å². The molecule has 2 N–H and O–H groups in total. The molecular weight excluding hydrogens is 301 g/mol. The normalized spacial score (nSPS) is 10.8. The summed E-state index contributed by atoms with van der Waals surface area (Å²) in [5.41, 5.74) is 1.24. The highest BCUT2D eigenvalue weighted by molar-refractivity contribution is 6.01. The van der Waals surface area contributed by atoms with Crippen LogP contribution in [0.25, 0.3) is 6.08 Å². The average molecular weight is 317 g/mol. The zero-order chi connectivity index (χ0) is 16.7. The monoisotopic (exact) mass is 317 g/mol. The minimum absolute atomic E-state index is 0.0714. The fourth-order valence-corrected chi connectivity index (χ4v) is 1.87. The molecule has 0 saturated heterocycles. The Hall–Kier alpha value is -2.96. The standard InChI is InChI=1S/C16H16FN3O3/c17-13-6-3-12(4-7-13)5-8-15(21)19-14-10-18-20(11-14)9-1-2-16(22)23/h3-8,10-11H,1-2,9H2,(H,19,21)(H,22,23). The summed E-state index contributed by atoms with van der Waals surface area (Å²) in [6.07, 6.45) is 6.58. The molecule has 2 aromatic rings. The highest BCUT2D eigenvalue weighted by atomic mass is 19.1. The Morgan fingerprint density at radius 2 is 2.04 bits per heavy atom. The second-order valence-electron chi connectivity index (χ2n) is 4.86. The van der Waals surface area contributed by atoms with Gasteiger partial charge in [-0.15, -0.1) is 0 Å². The predicted octanol–water partition coefficient (Wildman–Crippen LogP) is 2.54. The number of carbonyl (C=O) groups excluding carboxylic acids is 1. The molecule has 0 aliphatic heterocycles. The van der Waals surface area contributed by atoms with Gasteiger partial charge in [-0.2, -0.15) is 5.10 Å². The van der Waals surface area contributed by atoms with Crippen molar-refractivity contribution in [1.29, 1.82) is 0 Å². The number of hydrogen-bond acceptors (Lipinski definition) is 3. The summed E-state index contributed by atoms with van der Waals surface area (Å²) < 4.78 is 14.3. The van der Waals surface area contributed by atoms with E-state index in [2.05, 4.69) is 10.4 Å². The topological polar surface area (TPSA) is 84.2 Å². The highest BCUT2D eigenvalue weighted by Gasteiger charge is 2.03. The summed E-state index contributed by atoms with van der Waals surface area (Å²) in [6, 6.07) is 5.77. The minimum Gasteiger partial charge on any atom is -0.481 e. The van der Waals surface area contributed by atoms with Crippen LogP contribution < -0.4 is 5.32 Å². The maximum Gasteiger partial charge on any atom is 0.303 e. The molecule has 1 heterocycles. The average Bonchev–Trinajstić information content (AvgIpc) is 2.94. The number of benzene rings is 1. The number of halogens is 1. The number of amides is 1. The summed E-state index contributed by atoms with van der Waals surface area (Å²) in [4.78, 5) is 22.2. The van der Waals surface area contributed by atoms with Gasteiger partial charge in [0.1, 0.15) is 5.82 Å². The van der Waals surface area contributed by atoms with Crippen LogP contribution in [-0.4, -0.2) is 26.8 Å². The molecule has 1 aromatic heterocycles. The van der Waals surface area contributed by atoms with Gasteiger partial charge in [-0.25, -0.2) is 4.39 Å². The number of aryl methyl sites for hydroxylation is 1. The van der Waals surface area contributed by atoms with Crippen molar-refractivity contribution in [3.63, 3.8) is 0 Å². The Morgan fingerprint density at radius 3 is 2.74 bits per heavy atom. The number of carboxylic acid groups (broad SMARTS) is 1. The van der Waals surface area contributed by atoms with Crippen LogP contribution in [0.4, 0.5) is 10.1 Å². The molecule has 1 amide bonds. The minimum atomic E-state index is -0.850. The van der Waals surface area contributed by atoms with Crippen molar-refractivity contribution in [1.82, 2.24) is 9.78 Å². The van der Waals surface area contributed by atoms with Crippen molar-refractivity contribution in [2.24, 2.45) is 0 Å². The van der Waals surface area contributed by atoms with Crippen LogP contribution in [0.1, 0.15) is 18.4 Å². The molecule has 2 rings (SSSR count). The molecule has 0 bridgehead atoms. The SMILES string of the molecule is O=C(O)CCCn1cc(NC(=O)C=Cc2ccc(F)cc2)cn1. The van der Waals surface area contributed by atoms with E-state index in [1.807, 2.05) is 0 Å². The van der Waals surface area contributed by atoms with Gasteiger partial charge < -0.3 is 10.4 Å². The lowest BCUT2D eigenvalue weighted by molar-refractivity contribution is -0.137. The van der Waals surface area contributed by atoms with E-state index in [-0.39, 0.29) is 18.1 Å². The Morgan fingerprint density at radius 1 is 1.30 bits per heavy atom. The van der Waals surface area contributed by atoms with Crippen LogP contribution >= 0.6 is 0 Å². The van der Waals surface area contributed by atoms with E-state index in [0.29, 0.717) is 24.2 Å². The quantitative estimate of drug-likeness (QED) is 0.769. The zero-order valence-electron chi connectivity index (χ0n) is 12.3. The molecule has 6 nitrogen and oxygen atoms in total. The zero-order valence-corrected chi connectivity index (χ0v) is 12.3. The van der Waals surface area contributed by atoms with Crippen LogP contribution in [0.15, 0.2) is 42.7 Å². The molecule has 7 heteroatoms. The number of aromatic nitrogens is 2. The van der Waals surface area contributed by atoms with Gasteiger partial charge in [0, 0.05) is 25.2 Å². The number of rotatable bonds is 7. The van der Waals surface area contributed by atoms with Gasteiger partial charge in [-0.05, 0) is 30.2 Å². The predicted molar refractivity (Wildman–Crippen MR) is 83.2 cm³/mol. The van der Waals surface area contributed by atoms with Gasteiger partial charge in [0.2, 0.25) is 5.91 Å². The second kappa shape index (κ2) is 7.88. The van der Waals surface area contributed by atoms with Crippen LogP contribution in [-0.2, 0) is 16.1 Å². The lowest BCUT2D eigenvalue weighted by Gasteiger charge is -1.99. The summed E-state index contributed by atoms with van der Waals surface area (Å²) in [5, 5.41) is 15.2. The first-order valence-electron chi connectivity index (χ1n) is 7.02. The van der Waals surface area contributed by atoms with Crippen LogP contribution in [0.2, 0.25) is 0 Å². The largest absolute Gasteiger partial charge is 0.481 e. The van der Waals surface area contributed by atoms with E-state index < -0.39 is 5.97 Å². The van der Waals surface area contributed by atoms with E-state index in [9.17, 15) is 14.0 Å². The lowest BCUT2D eigenvalue weighted by atomic mass is 10.2. The molecule has 0 unspecified atom stereocenters. The van der Waals surface area contributed by atoms with Crippen LogP contribution in [0.3, 0.4) is 0 Å². The summed E-state index contributed by atoms with van der Waals surface area (Å²) in [6.45, 7) is 0.466. The molecule has 0 saturated carbocycles. The summed E-state index contributed by atoms with van der Waals surface area (Å²) in [7, 11) is 0. The first-order valence-corrected chi connectivity index (χ1v) is 7.02. The number of carbonyl (C=O) groups is 2. The number of carboxylic acids is 1. The molecule has 1 aromatic carbocycles. The fourth-order valence-electron chi connectivity index (χ4n) is 1.87. The van der Waals surface area contributed by atoms with Crippen molar-refractivity contribution < 1.29 is 19.1 Å². The number of nitrogens with zero attached hydrogens (tertiary/aromatic N) is 2. The highest BCUT2D eigenvalue weighted by Crippen LogP contribution is 2.08.